The van der Waals surface area contributed by atoms with Crippen LogP contribution >= 0.6 is 27.5 Å². The first-order valence-corrected chi connectivity index (χ1v) is 8.78. The molecule has 0 fully saturated rings. The predicted octanol–water partition coefficient (Wildman–Crippen LogP) is 4.30. The van der Waals surface area contributed by atoms with E-state index < -0.39 is 10.0 Å². The van der Waals surface area contributed by atoms with Gasteiger partial charge in [0.05, 0.1) is 17.2 Å². The average molecular weight is 391 g/mol. The molecule has 4 nitrogen and oxygen atoms in total. The summed E-state index contributed by atoms with van der Waals surface area (Å²) >= 11 is 9.18. The van der Waals surface area contributed by atoms with Gasteiger partial charge in [-0.15, -0.1) is 0 Å². The van der Waals surface area contributed by atoms with E-state index in [0.717, 1.165) is 4.47 Å². The molecule has 0 aliphatic heterocycles. The molecule has 0 aromatic heterocycles. The number of hydrogen-bond acceptors (Lipinski definition) is 3. The maximum absolute atomic E-state index is 12.4. The van der Waals surface area contributed by atoms with Crippen molar-refractivity contribution in [2.24, 2.45) is 0 Å². The van der Waals surface area contributed by atoms with Crippen LogP contribution in [-0.4, -0.2) is 15.0 Å². The van der Waals surface area contributed by atoms with Crippen LogP contribution in [-0.2, 0) is 10.0 Å². The lowest BCUT2D eigenvalue weighted by Crippen LogP contribution is -2.13. The molecule has 21 heavy (non-hydrogen) atoms. The zero-order chi connectivity index (χ0) is 15.5. The van der Waals surface area contributed by atoms with Gasteiger partial charge in [-0.1, -0.05) is 27.5 Å². The molecule has 0 spiro atoms. The molecular formula is C14H13BrClNO3S. The largest absolute Gasteiger partial charge is 0.492 e. The summed E-state index contributed by atoms with van der Waals surface area (Å²) in [7, 11) is -3.70. The molecule has 0 atom stereocenters. The van der Waals surface area contributed by atoms with Crippen LogP contribution < -0.4 is 9.46 Å². The van der Waals surface area contributed by atoms with E-state index >= 15 is 0 Å². The second-order valence-electron chi connectivity index (χ2n) is 4.13. The Morgan fingerprint density at radius 3 is 2.48 bits per heavy atom. The van der Waals surface area contributed by atoms with Crippen LogP contribution in [0.5, 0.6) is 5.75 Å². The van der Waals surface area contributed by atoms with E-state index in [1.807, 2.05) is 6.92 Å². The van der Waals surface area contributed by atoms with Crippen molar-refractivity contribution in [3.05, 3.63) is 52.0 Å². The lowest BCUT2D eigenvalue weighted by atomic mass is 10.3. The lowest BCUT2D eigenvalue weighted by Gasteiger charge is -2.13. The molecule has 0 aliphatic rings. The van der Waals surface area contributed by atoms with E-state index in [1.165, 1.54) is 18.2 Å². The van der Waals surface area contributed by atoms with Gasteiger partial charge < -0.3 is 4.74 Å². The highest BCUT2D eigenvalue weighted by molar-refractivity contribution is 9.10. The van der Waals surface area contributed by atoms with Crippen molar-refractivity contribution in [2.75, 3.05) is 11.3 Å². The Bertz CT molecular complexity index is 732. The highest BCUT2D eigenvalue weighted by atomic mass is 79.9. The first kappa shape index (κ1) is 16.1. The van der Waals surface area contributed by atoms with Crippen molar-refractivity contribution in [1.82, 2.24) is 0 Å². The normalized spacial score (nSPS) is 11.2. The lowest BCUT2D eigenvalue weighted by molar-refractivity contribution is 0.342. The molecule has 0 heterocycles. The van der Waals surface area contributed by atoms with Crippen molar-refractivity contribution in [3.63, 3.8) is 0 Å². The number of hydrogen-bond donors (Lipinski definition) is 1. The molecule has 0 unspecified atom stereocenters. The monoisotopic (exact) mass is 389 g/mol. The molecule has 112 valence electrons. The standard InChI is InChI=1S/C14H13BrClNO3S/c1-2-20-14-8-5-11(16)9-13(14)17-21(18,19)12-6-3-10(15)4-7-12/h3-9,17H,2H2,1H3. The minimum absolute atomic E-state index is 0.160. The molecule has 2 rings (SSSR count). The molecule has 2 aromatic carbocycles. The fraction of sp³-hybridized carbons (Fsp3) is 0.143. The van der Waals surface area contributed by atoms with Crippen LogP contribution in [0.25, 0.3) is 0 Å². The van der Waals surface area contributed by atoms with E-state index in [0.29, 0.717) is 23.1 Å². The van der Waals surface area contributed by atoms with Gasteiger partial charge in [-0.2, -0.15) is 0 Å². The highest BCUT2D eigenvalue weighted by Crippen LogP contribution is 2.30. The molecule has 1 N–H and O–H groups in total. The maximum atomic E-state index is 12.4. The van der Waals surface area contributed by atoms with Crippen molar-refractivity contribution < 1.29 is 13.2 Å². The number of anilines is 1. The number of halogens is 2. The fourth-order valence-electron chi connectivity index (χ4n) is 1.68. The van der Waals surface area contributed by atoms with Crippen LogP contribution in [0.4, 0.5) is 5.69 Å². The second kappa shape index (κ2) is 6.68. The van der Waals surface area contributed by atoms with E-state index in [-0.39, 0.29) is 4.90 Å². The molecule has 2 aromatic rings. The van der Waals surface area contributed by atoms with Crippen LogP contribution in [0.3, 0.4) is 0 Å². The summed E-state index contributed by atoms with van der Waals surface area (Å²) in [5.74, 6) is 0.433. The Morgan fingerprint density at radius 2 is 1.86 bits per heavy atom. The summed E-state index contributed by atoms with van der Waals surface area (Å²) < 4.78 is 33.4. The Hall–Kier alpha value is -1.24. The van der Waals surface area contributed by atoms with Gasteiger partial charge in [0.1, 0.15) is 5.75 Å². The molecular weight excluding hydrogens is 378 g/mol. The summed E-state index contributed by atoms with van der Waals surface area (Å²) in [6.45, 7) is 2.25. The summed E-state index contributed by atoms with van der Waals surface area (Å²) in [6.07, 6.45) is 0. The number of sulfonamides is 1. The van der Waals surface area contributed by atoms with Gasteiger partial charge in [0.15, 0.2) is 0 Å². The number of rotatable bonds is 5. The Labute approximate surface area is 137 Å². The van der Waals surface area contributed by atoms with Gasteiger partial charge in [-0.3, -0.25) is 4.72 Å². The van der Waals surface area contributed by atoms with Gasteiger partial charge in [0, 0.05) is 9.50 Å². The number of benzene rings is 2. The van der Waals surface area contributed by atoms with Gasteiger partial charge in [-0.25, -0.2) is 8.42 Å². The molecule has 0 bridgehead atoms. The first-order chi connectivity index (χ1) is 9.92. The van der Waals surface area contributed by atoms with Crippen LogP contribution in [0, 0.1) is 0 Å². The third kappa shape index (κ3) is 4.12. The maximum Gasteiger partial charge on any atom is 0.262 e. The third-order valence-electron chi connectivity index (χ3n) is 2.61. The van der Waals surface area contributed by atoms with E-state index in [2.05, 4.69) is 20.7 Å². The first-order valence-electron chi connectivity index (χ1n) is 6.13. The summed E-state index contributed by atoms with van der Waals surface area (Å²) in [5, 5.41) is 0.423. The molecule has 0 saturated carbocycles. The van der Waals surface area contributed by atoms with Crippen LogP contribution in [0.1, 0.15) is 6.92 Å². The van der Waals surface area contributed by atoms with Gasteiger partial charge in [0.2, 0.25) is 0 Å². The Balaban J connectivity index is 2.36. The van der Waals surface area contributed by atoms with Crippen molar-refractivity contribution in [1.29, 1.82) is 0 Å². The Morgan fingerprint density at radius 1 is 1.19 bits per heavy atom. The van der Waals surface area contributed by atoms with E-state index in [4.69, 9.17) is 16.3 Å². The average Bonchev–Trinajstić information content (AvgIpc) is 2.42. The number of nitrogens with one attached hydrogen (secondary N) is 1. The van der Waals surface area contributed by atoms with Crippen molar-refractivity contribution >= 4 is 43.2 Å². The summed E-state index contributed by atoms with van der Waals surface area (Å²) in [4.78, 5) is 0.160. The van der Waals surface area contributed by atoms with E-state index in [1.54, 1.807) is 24.3 Å². The van der Waals surface area contributed by atoms with Crippen molar-refractivity contribution in [2.45, 2.75) is 11.8 Å². The molecule has 0 amide bonds. The smallest absolute Gasteiger partial charge is 0.262 e. The van der Waals surface area contributed by atoms with Crippen molar-refractivity contribution in [3.8, 4) is 5.75 Å². The predicted molar refractivity (Wildman–Crippen MR) is 87.6 cm³/mol. The highest BCUT2D eigenvalue weighted by Gasteiger charge is 2.16. The summed E-state index contributed by atoms with van der Waals surface area (Å²) in [6, 6.07) is 11.1. The molecule has 0 aliphatic carbocycles. The SMILES string of the molecule is CCOc1ccc(Cl)cc1NS(=O)(=O)c1ccc(Br)cc1. The summed E-state index contributed by atoms with van der Waals surface area (Å²) in [5.41, 5.74) is 0.312. The topological polar surface area (TPSA) is 55.4 Å². The van der Waals surface area contributed by atoms with Gasteiger partial charge in [-0.05, 0) is 49.4 Å². The molecule has 7 heteroatoms. The quantitative estimate of drug-likeness (QED) is 0.828. The molecule has 0 saturated heterocycles. The minimum Gasteiger partial charge on any atom is -0.492 e. The third-order valence-corrected chi connectivity index (χ3v) is 4.75. The van der Waals surface area contributed by atoms with E-state index in [9.17, 15) is 8.42 Å². The fourth-order valence-corrected chi connectivity index (χ4v) is 3.18. The second-order valence-corrected chi connectivity index (χ2v) is 7.17. The molecule has 0 radical (unpaired) electrons. The van der Waals surface area contributed by atoms with Crippen LogP contribution in [0.15, 0.2) is 51.8 Å². The van der Waals surface area contributed by atoms with Gasteiger partial charge in [0.25, 0.3) is 10.0 Å². The minimum atomic E-state index is -3.70. The Kier molecular flexibility index (Phi) is 5.13. The number of ether oxygens (including phenoxy) is 1. The van der Waals surface area contributed by atoms with Crippen LogP contribution in [0.2, 0.25) is 5.02 Å². The zero-order valence-electron chi connectivity index (χ0n) is 11.1. The van der Waals surface area contributed by atoms with Gasteiger partial charge >= 0.3 is 0 Å². The zero-order valence-corrected chi connectivity index (χ0v) is 14.3.